The van der Waals surface area contributed by atoms with Gasteiger partial charge in [0.25, 0.3) is 5.91 Å². The molecule has 1 amide bonds. The molecule has 5 heteroatoms. The lowest BCUT2D eigenvalue weighted by Crippen LogP contribution is -2.55. The van der Waals surface area contributed by atoms with Crippen molar-refractivity contribution in [3.8, 4) is 5.75 Å². The number of fused-ring (bicyclic) bond motifs is 1. The minimum absolute atomic E-state index is 0.0589. The molecule has 5 nitrogen and oxygen atoms in total. The molecule has 1 saturated heterocycles. The Morgan fingerprint density at radius 2 is 2.10 bits per heavy atom. The van der Waals surface area contributed by atoms with Crippen molar-refractivity contribution in [2.75, 3.05) is 25.1 Å². The molecule has 0 bridgehead atoms. The third-order valence-electron chi connectivity index (χ3n) is 3.95. The summed E-state index contributed by atoms with van der Waals surface area (Å²) in [5.41, 5.74) is 0.754. The van der Waals surface area contributed by atoms with Crippen molar-refractivity contribution in [1.29, 1.82) is 0 Å². The number of benzene rings is 1. The van der Waals surface area contributed by atoms with Crippen LogP contribution in [0.2, 0.25) is 0 Å². The summed E-state index contributed by atoms with van der Waals surface area (Å²) in [6.07, 6.45) is 1.20. The van der Waals surface area contributed by atoms with Gasteiger partial charge in [0, 0.05) is 18.8 Å². The normalized spacial score (nSPS) is 23.9. The van der Waals surface area contributed by atoms with Gasteiger partial charge in [-0.2, -0.15) is 0 Å². The van der Waals surface area contributed by atoms with E-state index in [0.29, 0.717) is 19.8 Å². The summed E-state index contributed by atoms with van der Waals surface area (Å²) in [7, 11) is 0. The molecule has 0 aromatic heterocycles. The van der Waals surface area contributed by atoms with E-state index in [0.717, 1.165) is 24.3 Å². The average Bonchev–Trinajstić information content (AvgIpc) is 2.47. The van der Waals surface area contributed by atoms with E-state index >= 15 is 0 Å². The zero-order valence-electron chi connectivity index (χ0n) is 11.6. The molecule has 2 heterocycles. The highest BCUT2D eigenvalue weighted by atomic mass is 16.5. The van der Waals surface area contributed by atoms with Crippen molar-refractivity contribution in [3.05, 3.63) is 24.3 Å². The van der Waals surface area contributed by atoms with Gasteiger partial charge in [-0.15, -0.1) is 0 Å². The van der Waals surface area contributed by atoms with Crippen LogP contribution in [0.15, 0.2) is 24.3 Å². The van der Waals surface area contributed by atoms with Crippen molar-refractivity contribution >= 4 is 11.6 Å². The Morgan fingerprint density at radius 1 is 1.35 bits per heavy atom. The maximum absolute atomic E-state index is 12.4. The van der Waals surface area contributed by atoms with Crippen molar-refractivity contribution in [3.63, 3.8) is 0 Å². The average molecular weight is 276 g/mol. The first kappa shape index (κ1) is 13.2. The van der Waals surface area contributed by atoms with Crippen LogP contribution in [0.3, 0.4) is 0 Å². The molecule has 0 saturated carbocycles. The van der Waals surface area contributed by atoms with Gasteiger partial charge in [0.1, 0.15) is 5.75 Å². The Kier molecular flexibility index (Phi) is 3.53. The summed E-state index contributed by atoms with van der Waals surface area (Å²) in [5, 5.41) is 6.34. The van der Waals surface area contributed by atoms with Gasteiger partial charge in [0.15, 0.2) is 6.10 Å². The van der Waals surface area contributed by atoms with E-state index in [4.69, 9.17) is 9.47 Å². The Morgan fingerprint density at radius 3 is 2.90 bits per heavy atom. The number of carbonyl (C=O) groups is 1. The maximum Gasteiger partial charge on any atom is 0.263 e. The van der Waals surface area contributed by atoms with Crippen molar-refractivity contribution in [1.82, 2.24) is 5.32 Å². The molecule has 0 radical (unpaired) electrons. The van der Waals surface area contributed by atoms with E-state index < -0.39 is 6.10 Å². The van der Waals surface area contributed by atoms with Crippen LogP contribution in [-0.2, 0) is 9.53 Å². The molecule has 1 aromatic rings. The molecule has 1 atom stereocenters. The van der Waals surface area contributed by atoms with Crippen LogP contribution >= 0.6 is 0 Å². The van der Waals surface area contributed by atoms with E-state index in [9.17, 15) is 4.79 Å². The molecule has 1 aromatic carbocycles. The fourth-order valence-corrected chi connectivity index (χ4v) is 2.58. The lowest BCUT2D eigenvalue weighted by Gasteiger charge is -2.36. The standard InChI is InChI=1S/C15H20N2O3/c1-15(6-8-19-9-7-15)17-14(18)13-10-16-11-4-2-3-5-12(11)20-13/h2-5,13,16H,6-10H2,1H3,(H,17,18). The quantitative estimate of drug-likeness (QED) is 0.860. The van der Waals surface area contributed by atoms with Crippen molar-refractivity contribution < 1.29 is 14.3 Å². The number of nitrogens with one attached hydrogen (secondary N) is 2. The van der Waals surface area contributed by atoms with Crippen molar-refractivity contribution in [2.24, 2.45) is 0 Å². The predicted molar refractivity (Wildman–Crippen MR) is 75.9 cm³/mol. The van der Waals surface area contributed by atoms with Gasteiger partial charge in [-0.1, -0.05) is 12.1 Å². The Hall–Kier alpha value is -1.75. The number of para-hydroxylation sites is 2. The molecule has 1 fully saturated rings. The summed E-state index contributed by atoms with van der Waals surface area (Å²) in [5.74, 6) is 0.674. The highest BCUT2D eigenvalue weighted by Gasteiger charge is 2.33. The molecule has 1 unspecified atom stereocenters. The van der Waals surface area contributed by atoms with Gasteiger partial charge < -0.3 is 20.1 Å². The second-order valence-corrected chi connectivity index (χ2v) is 5.65. The molecular weight excluding hydrogens is 256 g/mol. The second kappa shape index (κ2) is 5.32. The summed E-state index contributed by atoms with van der Waals surface area (Å²) < 4.78 is 11.1. The van der Waals surface area contributed by atoms with E-state index in [-0.39, 0.29) is 11.4 Å². The smallest absolute Gasteiger partial charge is 0.263 e. The zero-order chi connectivity index (χ0) is 14.0. The Labute approximate surface area is 118 Å². The Bertz CT molecular complexity index is 498. The van der Waals surface area contributed by atoms with Crippen LogP contribution in [0.1, 0.15) is 19.8 Å². The monoisotopic (exact) mass is 276 g/mol. The maximum atomic E-state index is 12.4. The molecule has 20 heavy (non-hydrogen) atoms. The largest absolute Gasteiger partial charge is 0.477 e. The Balaban J connectivity index is 1.64. The van der Waals surface area contributed by atoms with Crippen LogP contribution in [0.4, 0.5) is 5.69 Å². The number of hydrogen-bond acceptors (Lipinski definition) is 4. The number of amides is 1. The fourth-order valence-electron chi connectivity index (χ4n) is 2.58. The molecule has 0 spiro atoms. The summed E-state index contributed by atoms with van der Waals surface area (Å²) in [4.78, 5) is 12.4. The van der Waals surface area contributed by atoms with E-state index in [1.165, 1.54) is 0 Å². The summed E-state index contributed by atoms with van der Waals surface area (Å²) in [6, 6.07) is 7.67. The summed E-state index contributed by atoms with van der Waals surface area (Å²) in [6.45, 7) is 3.96. The SMILES string of the molecule is CC1(NC(=O)C2CNc3ccccc3O2)CCOCC1. The first-order valence-corrected chi connectivity index (χ1v) is 7.06. The zero-order valence-corrected chi connectivity index (χ0v) is 11.6. The van der Waals surface area contributed by atoms with Gasteiger partial charge in [-0.25, -0.2) is 0 Å². The predicted octanol–water partition coefficient (Wildman–Crippen LogP) is 1.54. The van der Waals surface area contributed by atoms with Gasteiger partial charge >= 0.3 is 0 Å². The number of carbonyl (C=O) groups excluding carboxylic acids is 1. The van der Waals surface area contributed by atoms with Gasteiger partial charge in [-0.05, 0) is 31.9 Å². The molecule has 2 N–H and O–H groups in total. The van der Waals surface area contributed by atoms with E-state index in [1.807, 2.05) is 24.3 Å². The highest BCUT2D eigenvalue weighted by Crippen LogP contribution is 2.28. The van der Waals surface area contributed by atoms with Crippen LogP contribution in [0.5, 0.6) is 5.75 Å². The number of ether oxygens (including phenoxy) is 2. The van der Waals surface area contributed by atoms with Gasteiger partial charge in [0.2, 0.25) is 0 Å². The third-order valence-corrected chi connectivity index (χ3v) is 3.95. The molecule has 108 valence electrons. The third kappa shape index (κ3) is 2.72. The minimum atomic E-state index is -0.482. The molecular formula is C15H20N2O3. The number of anilines is 1. The molecule has 0 aliphatic carbocycles. The van der Waals surface area contributed by atoms with E-state index in [2.05, 4.69) is 17.6 Å². The number of hydrogen-bond donors (Lipinski definition) is 2. The van der Waals surface area contributed by atoms with Gasteiger partial charge in [0.05, 0.1) is 12.2 Å². The highest BCUT2D eigenvalue weighted by molar-refractivity contribution is 5.83. The molecule has 2 aliphatic rings. The van der Waals surface area contributed by atoms with E-state index in [1.54, 1.807) is 0 Å². The van der Waals surface area contributed by atoms with Crippen LogP contribution in [-0.4, -0.2) is 37.3 Å². The van der Waals surface area contributed by atoms with Crippen LogP contribution in [0.25, 0.3) is 0 Å². The topological polar surface area (TPSA) is 59.6 Å². The fraction of sp³-hybridized carbons (Fsp3) is 0.533. The minimum Gasteiger partial charge on any atom is -0.477 e. The van der Waals surface area contributed by atoms with Crippen molar-refractivity contribution in [2.45, 2.75) is 31.4 Å². The lowest BCUT2D eigenvalue weighted by atomic mass is 9.92. The number of rotatable bonds is 2. The van der Waals surface area contributed by atoms with Crippen LogP contribution in [0, 0.1) is 0 Å². The first-order valence-electron chi connectivity index (χ1n) is 7.06. The lowest BCUT2D eigenvalue weighted by molar-refractivity contribution is -0.130. The molecule has 2 aliphatic heterocycles. The summed E-state index contributed by atoms with van der Waals surface area (Å²) >= 11 is 0. The second-order valence-electron chi connectivity index (χ2n) is 5.65. The van der Waals surface area contributed by atoms with Gasteiger partial charge in [-0.3, -0.25) is 4.79 Å². The first-order chi connectivity index (χ1) is 9.66. The molecule has 3 rings (SSSR count). The van der Waals surface area contributed by atoms with Crippen LogP contribution < -0.4 is 15.4 Å².